The van der Waals surface area contributed by atoms with E-state index < -0.39 is 0 Å². The minimum absolute atomic E-state index is 0.0581. The zero-order valence-electron chi connectivity index (χ0n) is 12.4. The molecule has 0 aliphatic carbocycles. The van der Waals surface area contributed by atoms with Crippen LogP contribution in [-0.2, 0) is 0 Å². The molecule has 1 unspecified atom stereocenters. The van der Waals surface area contributed by atoms with Gasteiger partial charge in [-0.15, -0.1) is 0 Å². The molecule has 0 aromatic heterocycles. The molecule has 6 nitrogen and oxygen atoms in total. The number of hydrogen-bond acceptors (Lipinski definition) is 5. The van der Waals surface area contributed by atoms with Gasteiger partial charge in [0, 0.05) is 30.4 Å². The molecular weight excluding hydrogens is 270 g/mol. The van der Waals surface area contributed by atoms with Crippen molar-refractivity contribution in [3.05, 3.63) is 28.3 Å². The molecule has 6 heteroatoms. The third-order valence-electron chi connectivity index (χ3n) is 3.54. The Balaban J connectivity index is 2.02. The van der Waals surface area contributed by atoms with E-state index in [1.807, 2.05) is 13.0 Å². The number of nitrogens with one attached hydrogen (secondary N) is 2. The molecule has 1 heterocycles. The summed E-state index contributed by atoms with van der Waals surface area (Å²) in [5.41, 5.74) is 0.797. The molecule has 0 saturated carbocycles. The highest BCUT2D eigenvalue weighted by Gasteiger charge is 2.14. The highest BCUT2D eigenvalue weighted by Crippen LogP contribution is 2.26. The first-order valence-corrected chi connectivity index (χ1v) is 7.58. The number of nitrogens with zero attached hydrogens (tertiary/aromatic N) is 1. The van der Waals surface area contributed by atoms with Crippen LogP contribution in [0.5, 0.6) is 5.75 Å². The summed E-state index contributed by atoms with van der Waals surface area (Å²) in [6, 6.07) is 5.28. The van der Waals surface area contributed by atoms with Crippen molar-refractivity contribution in [2.75, 3.05) is 25.0 Å². The Bertz CT molecular complexity index is 473. The van der Waals surface area contributed by atoms with Crippen molar-refractivity contribution < 1.29 is 9.66 Å². The van der Waals surface area contributed by atoms with Crippen molar-refractivity contribution >= 4 is 11.4 Å². The Kier molecular flexibility index (Phi) is 5.80. The van der Waals surface area contributed by atoms with Crippen molar-refractivity contribution in [2.45, 2.75) is 38.6 Å². The number of nitro groups is 1. The zero-order valence-corrected chi connectivity index (χ0v) is 12.4. The van der Waals surface area contributed by atoms with Crippen molar-refractivity contribution in [3.8, 4) is 5.75 Å². The van der Waals surface area contributed by atoms with E-state index in [0.717, 1.165) is 31.6 Å². The SMILES string of the molecule is CCCOc1cc(NCC2CCCCN2)cc([N+](=O)[O-])c1. The molecule has 1 saturated heterocycles. The van der Waals surface area contributed by atoms with Crippen LogP contribution in [0.2, 0.25) is 0 Å². The van der Waals surface area contributed by atoms with E-state index in [-0.39, 0.29) is 10.6 Å². The van der Waals surface area contributed by atoms with Gasteiger partial charge >= 0.3 is 0 Å². The predicted octanol–water partition coefficient (Wildman–Crippen LogP) is 2.94. The topological polar surface area (TPSA) is 76.4 Å². The summed E-state index contributed by atoms with van der Waals surface area (Å²) in [5.74, 6) is 0.546. The van der Waals surface area contributed by atoms with Gasteiger partial charge in [-0.05, 0) is 25.8 Å². The van der Waals surface area contributed by atoms with Crippen LogP contribution in [0.4, 0.5) is 11.4 Å². The van der Waals surface area contributed by atoms with Crippen molar-refractivity contribution in [2.24, 2.45) is 0 Å². The summed E-state index contributed by atoms with van der Waals surface area (Å²) >= 11 is 0. The maximum Gasteiger partial charge on any atom is 0.275 e. The fourth-order valence-corrected chi connectivity index (χ4v) is 2.43. The van der Waals surface area contributed by atoms with Gasteiger partial charge in [-0.2, -0.15) is 0 Å². The molecule has 1 fully saturated rings. The highest BCUT2D eigenvalue weighted by molar-refractivity contribution is 5.56. The van der Waals surface area contributed by atoms with Crippen LogP contribution in [-0.4, -0.2) is 30.7 Å². The fraction of sp³-hybridized carbons (Fsp3) is 0.600. The molecule has 1 atom stereocenters. The number of anilines is 1. The van der Waals surface area contributed by atoms with Crippen LogP contribution in [0.1, 0.15) is 32.6 Å². The smallest absolute Gasteiger partial charge is 0.275 e. The first-order chi connectivity index (χ1) is 10.2. The molecule has 0 bridgehead atoms. The zero-order chi connectivity index (χ0) is 15.1. The van der Waals surface area contributed by atoms with Gasteiger partial charge in [0.05, 0.1) is 17.6 Å². The number of ether oxygens (including phenoxy) is 1. The maximum atomic E-state index is 11.0. The monoisotopic (exact) mass is 293 g/mol. The van der Waals surface area contributed by atoms with Crippen molar-refractivity contribution in [1.82, 2.24) is 5.32 Å². The lowest BCUT2D eigenvalue weighted by Crippen LogP contribution is -2.39. The average molecular weight is 293 g/mol. The number of nitro benzene ring substituents is 1. The normalized spacial score (nSPS) is 18.2. The molecule has 21 heavy (non-hydrogen) atoms. The first-order valence-electron chi connectivity index (χ1n) is 7.58. The molecular formula is C15H23N3O3. The molecule has 1 aromatic rings. The summed E-state index contributed by atoms with van der Waals surface area (Å²) in [6.07, 6.45) is 4.47. The Labute approximate surface area is 125 Å². The van der Waals surface area contributed by atoms with Gasteiger partial charge in [-0.3, -0.25) is 10.1 Å². The van der Waals surface area contributed by atoms with Gasteiger partial charge < -0.3 is 15.4 Å². The first kappa shape index (κ1) is 15.6. The number of hydrogen-bond donors (Lipinski definition) is 2. The third-order valence-corrected chi connectivity index (χ3v) is 3.54. The van der Waals surface area contributed by atoms with E-state index in [0.29, 0.717) is 18.4 Å². The predicted molar refractivity (Wildman–Crippen MR) is 83.0 cm³/mol. The second-order valence-corrected chi connectivity index (χ2v) is 5.35. The molecule has 0 amide bonds. The number of benzene rings is 1. The Hall–Kier alpha value is -1.82. The van der Waals surface area contributed by atoms with Crippen LogP contribution < -0.4 is 15.4 Å². The number of rotatable bonds is 7. The number of piperidine rings is 1. The van der Waals surface area contributed by atoms with Crippen LogP contribution >= 0.6 is 0 Å². The highest BCUT2D eigenvalue weighted by atomic mass is 16.6. The maximum absolute atomic E-state index is 11.0. The minimum Gasteiger partial charge on any atom is -0.493 e. The molecule has 2 N–H and O–H groups in total. The molecule has 1 aliphatic rings. The summed E-state index contributed by atoms with van der Waals surface area (Å²) in [5, 5.41) is 17.7. The summed E-state index contributed by atoms with van der Waals surface area (Å²) < 4.78 is 5.52. The van der Waals surface area contributed by atoms with Gasteiger partial charge in [-0.25, -0.2) is 0 Å². The van der Waals surface area contributed by atoms with E-state index in [1.165, 1.54) is 18.9 Å². The summed E-state index contributed by atoms with van der Waals surface area (Å²) in [6.45, 7) is 4.39. The van der Waals surface area contributed by atoms with E-state index in [9.17, 15) is 10.1 Å². The summed E-state index contributed by atoms with van der Waals surface area (Å²) in [4.78, 5) is 10.6. The largest absolute Gasteiger partial charge is 0.493 e. The lowest BCUT2D eigenvalue weighted by Gasteiger charge is -2.24. The van der Waals surface area contributed by atoms with E-state index >= 15 is 0 Å². The molecule has 1 aromatic carbocycles. The molecule has 2 rings (SSSR count). The minimum atomic E-state index is -0.386. The number of non-ortho nitro benzene ring substituents is 1. The quantitative estimate of drug-likeness (QED) is 0.597. The standard InChI is InChI=1S/C15H23N3O3/c1-2-7-21-15-9-13(8-14(10-15)18(19)20)17-11-12-5-3-4-6-16-12/h8-10,12,16-17H,2-7,11H2,1H3. The van der Waals surface area contributed by atoms with Gasteiger partial charge in [0.25, 0.3) is 5.69 Å². The van der Waals surface area contributed by atoms with Gasteiger partial charge in [0.1, 0.15) is 5.75 Å². The molecule has 0 spiro atoms. The van der Waals surface area contributed by atoms with E-state index in [2.05, 4.69) is 10.6 Å². The van der Waals surface area contributed by atoms with E-state index in [4.69, 9.17) is 4.74 Å². The van der Waals surface area contributed by atoms with Crippen molar-refractivity contribution in [1.29, 1.82) is 0 Å². The fourth-order valence-electron chi connectivity index (χ4n) is 2.43. The third kappa shape index (κ3) is 4.90. The van der Waals surface area contributed by atoms with Gasteiger partial charge in [-0.1, -0.05) is 13.3 Å². The van der Waals surface area contributed by atoms with Crippen LogP contribution in [0.25, 0.3) is 0 Å². The second kappa shape index (κ2) is 7.83. The molecule has 1 aliphatic heterocycles. The molecule has 116 valence electrons. The van der Waals surface area contributed by atoms with Crippen LogP contribution in [0.15, 0.2) is 18.2 Å². The van der Waals surface area contributed by atoms with Gasteiger partial charge in [0.2, 0.25) is 0 Å². The van der Waals surface area contributed by atoms with Crippen LogP contribution in [0, 0.1) is 10.1 Å². The average Bonchev–Trinajstić information content (AvgIpc) is 2.51. The van der Waals surface area contributed by atoms with E-state index in [1.54, 1.807) is 6.07 Å². The Morgan fingerprint density at radius 3 is 2.95 bits per heavy atom. The second-order valence-electron chi connectivity index (χ2n) is 5.35. The van der Waals surface area contributed by atoms with Crippen molar-refractivity contribution in [3.63, 3.8) is 0 Å². The van der Waals surface area contributed by atoms with Crippen LogP contribution in [0.3, 0.4) is 0 Å². The Morgan fingerprint density at radius 1 is 1.43 bits per heavy atom. The Morgan fingerprint density at radius 2 is 2.29 bits per heavy atom. The molecule has 0 radical (unpaired) electrons. The van der Waals surface area contributed by atoms with Gasteiger partial charge in [0.15, 0.2) is 0 Å². The lowest BCUT2D eigenvalue weighted by molar-refractivity contribution is -0.384. The summed E-state index contributed by atoms with van der Waals surface area (Å²) in [7, 11) is 0. The lowest BCUT2D eigenvalue weighted by atomic mass is 10.1.